The van der Waals surface area contributed by atoms with Gasteiger partial charge in [0.25, 0.3) is 0 Å². The number of aromatic nitrogens is 5. The Balaban J connectivity index is 1.51. The van der Waals surface area contributed by atoms with Crippen LogP contribution >= 0.6 is 0 Å². The summed E-state index contributed by atoms with van der Waals surface area (Å²) >= 11 is 0. The highest BCUT2D eigenvalue weighted by molar-refractivity contribution is 5.78. The van der Waals surface area contributed by atoms with Crippen LogP contribution in [0.25, 0.3) is 11.2 Å². The smallest absolute Gasteiger partial charge is 0.225 e. The van der Waals surface area contributed by atoms with E-state index in [0.29, 0.717) is 19.6 Å². The zero-order valence-corrected chi connectivity index (χ0v) is 17.5. The van der Waals surface area contributed by atoms with Crippen molar-refractivity contribution in [3.63, 3.8) is 0 Å². The molecule has 4 rings (SSSR count). The van der Waals surface area contributed by atoms with E-state index in [4.69, 9.17) is 4.98 Å². The molecule has 0 saturated heterocycles. The van der Waals surface area contributed by atoms with E-state index in [9.17, 15) is 4.79 Å². The lowest BCUT2D eigenvalue weighted by Crippen LogP contribution is -2.32. The second-order valence-electron chi connectivity index (χ2n) is 7.69. The molecule has 3 heterocycles. The van der Waals surface area contributed by atoms with E-state index >= 15 is 0 Å². The molecule has 0 aliphatic rings. The summed E-state index contributed by atoms with van der Waals surface area (Å²) in [4.78, 5) is 26.1. The number of pyridine rings is 1. The average molecular weight is 403 g/mol. The van der Waals surface area contributed by atoms with Crippen LogP contribution in [0, 0.1) is 19.8 Å². The van der Waals surface area contributed by atoms with Gasteiger partial charge in [-0.05, 0) is 31.5 Å². The average Bonchev–Trinajstić information content (AvgIpc) is 3.31. The van der Waals surface area contributed by atoms with Crippen molar-refractivity contribution in [2.45, 2.75) is 40.4 Å². The highest BCUT2D eigenvalue weighted by Gasteiger charge is 2.17. The Kier molecular flexibility index (Phi) is 5.61. The van der Waals surface area contributed by atoms with E-state index in [2.05, 4.69) is 51.0 Å². The number of hydrogen-bond donors (Lipinski definition) is 1. The number of amides is 1. The summed E-state index contributed by atoms with van der Waals surface area (Å²) in [5.41, 5.74) is 4.05. The zero-order valence-electron chi connectivity index (χ0n) is 17.5. The van der Waals surface area contributed by atoms with Gasteiger partial charge in [-0.3, -0.25) is 4.79 Å². The van der Waals surface area contributed by atoms with E-state index in [1.54, 1.807) is 12.4 Å². The first-order valence-corrected chi connectivity index (χ1v) is 10.1. The molecule has 0 unspecified atom stereocenters. The number of carbonyl (C=O) groups excluding carboxylic acids is 1. The Morgan fingerprint density at radius 1 is 1.10 bits per heavy atom. The molecular formula is C23H26N6O. The molecule has 1 amide bonds. The van der Waals surface area contributed by atoms with Gasteiger partial charge in [0.2, 0.25) is 5.91 Å². The molecule has 1 aromatic carbocycles. The number of benzene rings is 1. The minimum Gasteiger partial charge on any atom is -0.349 e. The number of rotatable bonds is 7. The number of fused-ring (bicyclic) bond motifs is 1. The van der Waals surface area contributed by atoms with Crippen LogP contribution in [0.3, 0.4) is 0 Å². The molecule has 4 aromatic rings. The second-order valence-corrected chi connectivity index (χ2v) is 7.69. The van der Waals surface area contributed by atoms with Gasteiger partial charge < -0.3 is 14.5 Å². The summed E-state index contributed by atoms with van der Waals surface area (Å²) in [5.74, 6) is 1.51. The summed E-state index contributed by atoms with van der Waals surface area (Å²) in [6, 6.07) is 12.3. The fourth-order valence-electron chi connectivity index (χ4n) is 3.50. The van der Waals surface area contributed by atoms with E-state index in [1.807, 2.05) is 36.7 Å². The topological polar surface area (TPSA) is 77.6 Å². The molecule has 0 aliphatic heterocycles. The lowest BCUT2D eigenvalue weighted by atomic mass is 10.1. The number of nitrogens with one attached hydrogen (secondary N) is 1. The Labute approximate surface area is 175 Å². The second kappa shape index (κ2) is 8.49. The maximum absolute atomic E-state index is 12.7. The van der Waals surface area contributed by atoms with Crippen molar-refractivity contribution in [2.75, 3.05) is 0 Å². The van der Waals surface area contributed by atoms with Crippen molar-refractivity contribution in [3.05, 3.63) is 77.8 Å². The van der Waals surface area contributed by atoms with Crippen molar-refractivity contribution < 1.29 is 4.79 Å². The van der Waals surface area contributed by atoms with E-state index in [0.717, 1.165) is 22.8 Å². The fraction of sp³-hybridized carbons (Fsp3) is 0.304. The Hall–Kier alpha value is -3.48. The third kappa shape index (κ3) is 4.25. The largest absolute Gasteiger partial charge is 0.349 e. The normalized spacial score (nSPS) is 12.2. The maximum atomic E-state index is 12.7. The van der Waals surface area contributed by atoms with Crippen molar-refractivity contribution in [1.82, 2.24) is 29.4 Å². The molecule has 1 atom stereocenters. The summed E-state index contributed by atoms with van der Waals surface area (Å²) in [6.07, 6.45) is 5.42. The lowest BCUT2D eigenvalue weighted by Gasteiger charge is -2.14. The minimum absolute atomic E-state index is 0.00926. The molecular weight excluding hydrogens is 376 g/mol. The first kappa shape index (κ1) is 19.8. The van der Waals surface area contributed by atoms with Crippen molar-refractivity contribution in [3.8, 4) is 0 Å². The molecule has 0 fully saturated rings. The predicted molar refractivity (Wildman–Crippen MR) is 116 cm³/mol. The molecule has 3 aromatic heterocycles. The van der Waals surface area contributed by atoms with Gasteiger partial charge in [-0.1, -0.05) is 36.8 Å². The van der Waals surface area contributed by atoms with E-state index in [-0.39, 0.29) is 11.8 Å². The number of aryl methyl sites for hydroxylation is 2. The van der Waals surface area contributed by atoms with Gasteiger partial charge in [0.15, 0.2) is 5.65 Å². The zero-order chi connectivity index (χ0) is 21.1. The predicted octanol–water partition coefficient (Wildman–Crippen LogP) is 3.25. The van der Waals surface area contributed by atoms with Crippen LogP contribution in [0.15, 0.2) is 55.0 Å². The highest BCUT2D eigenvalue weighted by Crippen LogP contribution is 2.17. The van der Waals surface area contributed by atoms with Gasteiger partial charge in [0.05, 0.1) is 19.0 Å². The summed E-state index contributed by atoms with van der Waals surface area (Å²) in [7, 11) is 0. The molecule has 154 valence electrons. The molecule has 0 radical (unpaired) electrons. The number of carbonyl (C=O) groups is 1. The van der Waals surface area contributed by atoms with Crippen LogP contribution in [-0.4, -0.2) is 30.0 Å². The standard InChI is InChI=1S/C23H26N6O/c1-16-6-8-19(9-7-16)15-29-21(27-20-5-4-10-25-22(20)29)13-26-23(30)17(2)14-28-12-11-24-18(28)3/h4-12,17H,13-15H2,1-3H3,(H,26,30)/t17-/m1/s1. The molecule has 0 saturated carbocycles. The molecule has 0 spiro atoms. The SMILES string of the molecule is Cc1ccc(Cn2c(CNC(=O)[C@H](C)Cn3ccnc3C)nc3cccnc32)cc1. The summed E-state index contributed by atoms with van der Waals surface area (Å²) in [5, 5.41) is 3.04. The monoisotopic (exact) mass is 402 g/mol. The van der Waals surface area contributed by atoms with Crippen LogP contribution in [0.2, 0.25) is 0 Å². The van der Waals surface area contributed by atoms with Crippen molar-refractivity contribution in [1.29, 1.82) is 0 Å². The van der Waals surface area contributed by atoms with Crippen LogP contribution in [0.1, 0.15) is 29.7 Å². The minimum atomic E-state index is -0.175. The van der Waals surface area contributed by atoms with Gasteiger partial charge in [-0.2, -0.15) is 0 Å². The summed E-state index contributed by atoms with van der Waals surface area (Å²) < 4.78 is 4.06. The lowest BCUT2D eigenvalue weighted by molar-refractivity contribution is -0.125. The Morgan fingerprint density at radius 3 is 2.63 bits per heavy atom. The molecule has 1 N–H and O–H groups in total. The number of imidazole rings is 2. The summed E-state index contributed by atoms with van der Waals surface area (Å²) in [6.45, 7) is 7.54. The first-order chi connectivity index (χ1) is 14.5. The third-order valence-electron chi connectivity index (χ3n) is 5.31. The van der Waals surface area contributed by atoms with E-state index < -0.39 is 0 Å². The fourth-order valence-corrected chi connectivity index (χ4v) is 3.50. The Bertz CT molecular complexity index is 1160. The maximum Gasteiger partial charge on any atom is 0.225 e. The van der Waals surface area contributed by atoms with Crippen LogP contribution in [0.4, 0.5) is 0 Å². The first-order valence-electron chi connectivity index (χ1n) is 10.1. The molecule has 0 aliphatic carbocycles. The van der Waals surface area contributed by atoms with E-state index in [1.165, 1.54) is 11.1 Å². The van der Waals surface area contributed by atoms with Gasteiger partial charge in [-0.15, -0.1) is 0 Å². The highest BCUT2D eigenvalue weighted by atomic mass is 16.1. The number of hydrogen-bond acceptors (Lipinski definition) is 4. The van der Waals surface area contributed by atoms with Crippen molar-refractivity contribution >= 4 is 17.1 Å². The van der Waals surface area contributed by atoms with Crippen LogP contribution in [0.5, 0.6) is 0 Å². The third-order valence-corrected chi connectivity index (χ3v) is 5.31. The van der Waals surface area contributed by atoms with Crippen LogP contribution in [-0.2, 0) is 24.4 Å². The quantitative estimate of drug-likeness (QED) is 0.515. The van der Waals surface area contributed by atoms with Gasteiger partial charge >= 0.3 is 0 Å². The van der Waals surface area contributed by atoms with Gasteiger partial charge in [-0.25, -0.2) is 15.0 Å². The van der Waals surface area contributed by atoms with Gasteiger partial charge in [0, 0.05) is 25.1 Å². The Morgan fingerprint density at radius 2 is 1.90 bits per heavy atom. The van der Waals surface area contributed by atoms with Gasteiger partial charge in [0.1, 0.15) is 17.2 Å². The molecule has 0 bridgehead atoms. The molecule has 30 heavy (non-hydrogen) atoms. The van der Waals surface area contributed by atoms with Crippen LogP contribution < -0.4 is 5.32 Å². The van der Waals surface area contributed by atoms with Crippen molar-refractivity contribution in [2.24, 2.45) is 5.92 Å². The number of nitrogens with zero attached hydrogens (tertiary/aromatic N) is 5. The molecule has 7 nitrogen and oxygen atoms in total. The molecule has 7 heteroatoms.